The number of allylic oxidation sites excluding steroid dienone is 3. The quantitative estimate of drug-likeness (QED) is 0.737. The summed E-state index contributed by atoms with van der Waals surface area (Å²) >= 11 is 0. The van der Waals surface area contributed by atoms with Gasteiger partial charge in [0.05, 0.1) is 0 Å². The topological polar surface area (TPSA) is 23.5 Å². The number of likely N-dealkylation sites (N-methyl/N-ethyl adjacent to an activating group) is 1. The molecule has 0 amide bonds. The Kier molecular flexibility index (Phi) is 2.87. The van der Waals surface area contributed by atoms with E-state index >= 15 is 0 Å². The Labute approximate surface area is 133 Å². The average molecular weight is 295 g/mol. The van der Waals surface area contributed by atoms with E-state index in [4.69, 9.17) is 0 Å². The molecule has 2 heteroatoms. The fraction of sp³-hybridized carbons (Fsp3) is 0.500. The van der Waals surface area contributed by atoms with Crippen LogP contribution in [-0.2, 0) is 11.8 Å². The van der Waals surface area contributed by atoms with Crippen molar-refractivity contribution in [2.24, 2.45) is 5.92 Å². The van der Waals surface area contributed by atoms with Crippen LogP contribution in [0.2, 0.25) is 0 Å². The SMILES string of the molecule is CC1=C[C@]23CCN(C)[C@H](Cc4ccc(C)c(O)c42)C3=CC1C. The van der Waals surface area contributed by atoms with Crippen LogP contribution in [-0.4, -0.2) is 29.6 Å². The minimum absolute atomic E-state index is 0.0720. The second kappa shape index (κ2) is 4.48. The van der Waals surface area contributed by atoms with E-state index in [1.165, 1.54) is 22.3 Å². The van der Waals surface area contributed by atoms with E-state index in [1.54, 1.807) is 0 Å². The number of phenolic OH excluding ortho intramolecular Hbond substituents is 1. The molecule has 2 bridgehead atoms. The first-order valence-electron chi connectivity index (χ1n) is 8.38. The van der Waals surface area contributed by atoms with Gasteiger partial charge in [-0.3, -0.25) is 4.90 Å². The first-order valence-corrected chi connectivity index (χ1v) is 8.38. The van der Waals surface area contributed by atoms with Crippen molar-refractivity contribution in [1.29, 1.82) is 0 Å². The number of piperidine rings is 1. The predicted octanol–water partition coefficient (Wildman–Crippen LogP) is 3.72. The molecule has 0 aromatic heterocycles. The molecule has 1 aromatic rings. The van der Waals surface area contributed by atoms with E-state index in [0.717, 1.165) is 24.9 Å². The molecule has 0 radical (unpaired) electrons. The number of likely N-dealkylation sites (tertiary alicyclic amines) is 1. The largest absolute Gasteiger partial charge is 0.507 e. The van der Waals surface area contributed by atoms with Crippen molar-refractivity contribution in [3.05, 3.63) is 52.1 Å². The summed E-state index contributed by atoms with van der Waals surface area (Å²) in [4.78, 5) is 2.49. The molecule has 1 heterocycles. The van der Waals surface area contributed by atoms with Crippen molar-refractivity contribution in [2.45, 2.75) is 45.1 Å². The van der Waals surface area contributed by atoms with Crippen LogP contribution in [0.1, 0.15) is 37.0 Å². The van der Waals surface area contributed by atoms with Gasteiger partial charge in [-0.1, -0.05) is 36.8 Å². The third kappa shape index (κ3) is 1.65. The van der Waals surface area contributed by atoms with E-state index in [-0.39, 0.29) is 5.41 Å². The molecule has 2 aliphatic carbocycles. The number of hydrogen-bond acceptors (Lipinski definition) is 2. The maximum absolute atomic E-state index is 10.8. The first-order chi connectivity index (χ1) is 10.4. The molecule has 1 unspecified atom stereocenters. The van der Waals surface area contributed by atoms with Gasteiger partial charge in [-0.05, 0) is 62.9 Å². The summed E-state index contributed by atoms with van der Waals surface area (Å²) in [6.45, 7) is 7.62. The predicted molar refractivity (Wildman–Crippen MR) is 90.3 cm³/mol. The molecule has 22 heavy (non-hydrogen) atoms. The second-order valence-corrected chi connectivity index (χ2v) is 7.49. The van der Waals surface area contributed by atoms with Crippen LogP contribution in [0.3, 0.4) is 0 Å². The van der Waals surface area contributed by atoms with E-state index in [9.17, 15) is 5.11 Å². The maximum Gasteiger partial charge on any atom is 0.123 e. The normalized spacial score (nSPS) is 33.6. The van der Waals surface area contributed by atoms with Gasteiger partial charge in [-0.25, -0.2) is 0 Å². The molecule has 4 rings (SSSR count). The zero-order valence-electron chi connectivity index (χ0n) is 14.0. The number of aromatic hydroxyl groups is 1. The molecule has 0 spiro atoms. The van der Waals surface area contributed by atoms with Crippen LogP contribution < -0.4 is 0 Å². The summed E-state index contributed by atoms with van der Waals surface area (Å²) in [6, 6.07) is 4.78. The van der Waals surface area contributed by atoms with Crippen LogP contribution in [0.25, 0.3) is 0 Å². The highest BCUT2D eigenvalue weighted by Crippen LogP contribution is 2.55. The lowest BCUT2D eigenvalue weighted by molar-refractivity contribution is 0.182. The number of rotatable bonds is 0. The van der Waals surface area contributed by atoms with Gasteiger partial charge < -0.3 is 5.11 Å². The molecule has 0 saturated carbocycles. The summed E-state index contributed by atoms with van der Waals surface area (Å²) in [5.41, 5.74) is 6.39. The number of aryl methyl sites for hydroxylation is 1. The molecule has 1 aromatic carbocycles. The Bertz CT molecular complexity index is 715. The summed E-state index contributed by atoms with van der Waals surface area (Å²) < 4.78 is 0. The van der Waals surface area contributed by atoms with E-state index in [2.05, 4.69) is 50.1 Å². The van der Waals surface area contributed by atoms with Gasteiger partial charge in [0.1, 0.15) is 5.75 Å². The Balaban J connectivity index is 2.04. The number of fused-ring (bicyclic) bond motifs is 1. The van der Waals surface area contributed by atoms with Crippen molar-refractivity contribution in [3.8, 4) is 5.75 Å². The molecule has 1 fully saturated rings. The van der Waals surface area contributed by atoms with Crippen molar-refractivity contribution < 1.29 is 5.11 Å². The third-order valence-corrected chi connectivity index (χ3v) is 6.21. The van der Waals surface area contributed by atoms with E-state index < -0.39 is 0 Å². The van der Waals surface area contributed by atoms with E-state index in [0.29, 0.717) is 17.7 Å². The van der Waals surface area contributed by atoms with Crippen molar-refractivity contribution in [2.75, 3.05) is 13.6 Å². The second-order valence-electron chi connectivity index (χ2n) is 7.49. The van der Waals surface area contributed by atoms with Crippen LogP contribution in [0.5, 0.6) is 5.75 Å². The molecule has 1 N–H and O–H groups in total. The summed E-state index contributed by atoms with van der Waals surface area (Å²) in [5.74, 6) is 1.02. The number of benzene rings is 1. The molecule has 1 aliphatic heterocycles. The number of nitrogens with zero attached hydrogens (tertiary/aromatic N) is 1. The lowest BCUT2D eigenvalue weighted by Gasteiger charge is -2.53. The van der Waals surface area contributed by atoms with Gasteiger partial charge in [0.25, 0.3) is 0 Å². The van der Waals surface area contributed by atoms with Crippen molar-refractivity contribution in [3.63, 3.8) is 0 Å². The number of phenols is 1. The van der Waals surface area contributed by atoms with Crippen LogP contribution in [0.4, 0.5) is 0 Å². The summed E-state index contributed by atoms with van der Waals surface area (Å²) in [6.07, 6.45) is 7.03. The molecule has 2 nitrogen and oxygen atoms in total. The van der Waals surface area contributed by atoms with Gasteiger partial charge >= 0.3 is 0 Å². The van der Waals surface area contributed by atoms with Crippen LogP contribution in [0, 0.1) is 12.8 Å². The molecule has 116 valence electrons. The van der Waals surface area contributed by atoms with Gasteiger partial charge in [0.15, 0.2) is 0 Å². The molecular weight excluding hydrogens is 270 g/mol. The fourth-order valence-electron chi connectivity index (χ4n) is 4.74. The average Bonchev–Trinajstić information content (AvgIpc) is 2.48. The molecular formula is C20H25NO. The van der Waals surface area contributed by atoms with E-state index in [1.807, 2.05) is 6.92 Å². The monoisotopic (exact) mass is 295 g/mol. The minimum Gasteiger partial charge on any atom is -0.507 e. The smallest absolute Gasteiger partial charge is 0.123 e. The minimum atomic E-state index is -0.0720. The Morgan fingerprint density at radius 1 is 1.27 bits per heavy atom. The first kappa shape index (κ1) is 14.1. The van der Waals surface area contributed by atoms with Crippen LogP contribution in [0.15, 0.2) is 35.4 Å². The lowest BCUT2D eigenvalue weighted by Crippen LogP contribution is -2.54. The highest BCUT2D eigenvalue weighted by Gasteiger charge is 2.50. The standard InChI is InChI=1S/C20H25NO/c1-12-5-6-15-10-17-16-9-13(2)14(3)11-20(16,7-8-21(17)4)18(15)19(12)22/h5-6,9,11,13,17,22H,7-8,10H2,1-4H3/t13?,17-,20+/m1/s1. The van der Waals surface area contributed by atoms with Gasteiger partial charge in [-0.2, -0.15) is 0 Å². The van der Waals surface area contributed by atoms with Crippen LogP contribution >= 0.6 is 0 Å². The van der Waals surface area contributed by atoms with Gasteiger partial charge in [0, 0.05) is 17.0 Å². The summed E-state index contributed by atoms with van der Waals surface area (Å²) in [7, 11) is 2.24. The lowest BCUT2D eigenvalue weighted by atomic mass is 9.57. The maximum atomic E-state index is 10.8. The highest BCUT2D eigenvalue weighted by atomic mass is 16.3. The van der Waals surface area contributed by atoms with Crippen molar-refractivity contribution >= 4 is 0 Å². The Morgan fingerprint density at radius 2 is 2.05 bits per heavy atom. The molecule has 3 atom stereocenters. The molecule has 3 aliphatic rings. The fourth-order valence-corrected chi connectivity index (χ4v) is 4.74. The highest BCUT2D eigenvalue weighted by molar-refractivity contribution is 5.62. The Hall–Kier alpha value is -1.54. The van der Waals surface area contributed by atoms with Gasteiger partial charge in [0.2, 0.25) is 0 Å². The zero-order chi connectivity index (χ0) is 15.6. The van der Waals surface area contributed by atoms with Crippen molar-refractivity contribution in [1.82, 2.24) is 4.90 Å². The third-order valence-electron chi connectivity index (χ3n) is 6.21. The van der Waals surface area contributed by atoms with Gasteiger partial charge in [-0.15, -0.1) is 0 Å². The number of hydrogen-bond donors (Lipinski definition) is 1. The Morgan fingerprint density at radius 3 is 2.82 bits per heavy atom. The zero-order valence-corrected chi connectivity index (χ0v) is 14.0. The summed E-state index contributed by atoms with van der Waals surface area (Å²) in [5, 5.41) is 10.8. The molecule has 1 saturated heterocycles.